The maximum absolute atomic E-state index is 11.6. The number of piperidine rings is 1. The Hall–Kier alpha value is -2.84. The Balaban J connectivity index is 1.23. The predicted octanol–water partition coefficient (Wildman–Crippen LogP) is 2.94. The molecule has 0 spiro atoms. The summed E-state index contributed by atoms with van der Waals surface area (Å²) in [6, 6.07) is 9.12. The number of hydrogen-bond donors (Lipinski definition) is 3. The van der Waals surface area contributed by atoms with Crippen molar-refractivity contribution >= 4 is 40.6 Å². The second-order valence-electron chi connectivity index (χ2n) is 9.05. The van der Waals surface area contributed by atoms with Gasteiger partial charge in [0.2, 0.25) is 11.9 Å². The van der Waals surface area contributed by atoms with Crippen LogP contribution in [0, 0.1) is 5.92 Å². The van der Waals surface area contributed by atoms with Gasteiger partial charge < -0.3 is 25.8 Å². The fourth-order valence-corrected chi connectivity index (χ4v) is 5.32. The summed E-state index contributed by atoms with van der Waals surface area (Å²) in [4.78, 5) is 25.2. The molecule has 1 amide bonds. The molecular weight excluding hydrogens is 438 g/mol. The quantitative estimate of drug-likeness (QED) is 0.563. The lowest BCUT2D eigenvalue weighted by Crippen LogP contribution is -2.40. The first kappa shape index (κ1) is 22.0. The first-order valence-electron chi connectivity index (χ1n) is 11.6. The van der Waals surface area contributed by atoms with Crippen LogP contribution in [0.3, 0.4) is 0 Å². The van der Waals surface area contributed by atoms with E-state index in [1.165, 1.54) is 24.6 Å². The van der Waals surface area contributed by atoms with Gasteiger partial charge in [-0.05, 0) is 62.1 Å². The molecular formula is C24H30ClN7O. The summed E-state index contributed by atoms with van der Waals surface area (Å²) in [7, 11) is 0. The number of nitrogens with one attached hydrogen (secondary N) is 3. The Labute approximate surface area is 199 Å². The van der Waals surface area contributed by atoms with Crippen molar-refractivity contribution in [2.75, 3.05) is 47.8 Å². The third-order valence-corrected chi connectivity index (χ3v) is 7.10. The summed E-state index contributed by atoms with van der Waals surface area (Å²) in [5, 5.41) is 10.4. The van der Waals surface area contributed by atoms with Gasteiger partial charge >= 0.3 is 0 Å². The molecule has 0 bridgehead atoms. The van der Waals surface area contributed by atoms with Gasteiger partial charge in [0.25, 0.3) is 0 Å². The molecule has 1 aromatic carbocycles. The van der Waals surface area contributed by atoms with Gasteiger partial charge in [0.1, 0.15) is 5.02 Å². The first-order valence-corrected chi connectivity index (χ1v) is 12.0. The fraction of sp³-hybridized carbons (Fsp3) is 0.458. The van der Waals surface area contributed by atoms with Gasteiger partial charge in [-0.15, -0.1) is 0 Å². The molecule has 2 aromatic rings. The zero-order valence-corrected chi connectivity index (χ0v) is 19.4. The number of carbonyl (C=O) groups is 1. The summed E-state index contributed by atoms with van der Waals surface area (Å²) in [5.41, 5.74) is 2.18. The summed E-state index contributed by atoms with van der Waals surface area (Å²) in [6.07, 6.45) is 6.35. The number of fused-ring (bicyclic) bond motifs is 1. The average molecular weight is 468 g/mol. The van der Waals surface area contributed by atoms with Crippen LogP contribution < -0.4 is 25.8 Å². The minimum atomic E-state index is -0.162. The molecule has 9 heteroatoms. The molecule has 4 heterocycles. The third kappa shape index (κ3) is 4.91. The minimum Gasteiger partial charge on any atom is -0.370 e. The Bertz CT molecular complexity index is 1000. The Kier molecular flexibility index (Phi) is 6.37. The monoisotopic (exact) mass is 467 g/mol. The van der Waals surface area contributed by atoms with Crippen LogP contribution in [0.4, 0.5) is 23.1 Å². The van der Waals surface area contributed by atoms with Gasteiger partial charge in [-0.1, -0.05) is 18.2 Å². The van der Waals surface area contributed by atoms with Crippen molar-refractivity contribution in [3.8, 4) is 0 Å². The van der Waals surface area contributed by atoms with E-state index in [0.717, 1.165) is 44.2 Å². The number of benzene rings is 1. The van der Waals surface area contributed by atoms with E-state index in [0.29, 0.717) is 29.4 Å². The SMILES string of the molecule is C=CC(=O)N[C@@H]1CCN(c2nc(Nc3ccc(N4C[C@H]5CCCN[C@H]5C4)cc3)ncc2Cl)C1. The van der Waals surface area contributed by atoms with E-state index >= 15 is 0 Å². The highest BCUT2D eigenvalue weighted by Crippen LogP contribution is 2.31. The molecule has 174 valence electrons. The van der Waals surface area contributed by atoms with Gasteiger partial charge in [0.05, 0.1) is 6.20 Å². The van der Waals surface area contributed by atoms with E-state index < -0.39 is 0 Å². The number of halogens is 1. The topological polar surface area (TPSA) is 85.4 Å². The van der Waals surface area contributed by atoms with Crippen LogP contribution in [0.15, 0.2) is 43.1 Å². The second kappa shape index (κ2) is 9.57. The highest BCUT2D eigenvalue weighted by Gasteiger charge is 2.34. The Morgan fingerprint density at radius 2 is 2.03 bits per heavy atom. The van der Waals surface area contributed by atoms with E-state index in [2.05, 4.69) is 66.6 Å². The predicted molar refractivity (Wildman–Crippen MR) is 132 cm³/mol. The molecule has 3 N–H and O–H groups in total. The minimum absolute atomic E-state index is 0.0510. The molecule has 3 aliphatic heterocycles. The van der Waals surface area contributed by atoms with E-state index in [9.17, 15) is 4.79 Å². The summed E-state index contributed by atoms with van der Waals surface area (Å²) < 4.78 is 0. The fourth-order valence-electron chi connectivity index (χ4n) is 5.11. The molecule has 8 nitrogen and oxygen atoms in total. The molecule has 5 rings (SSSR count). The molecule has 1 aromatic heterocycles. The number of anilines is 4. The van der Waals surface area contributed by atoms with Crippen molar-refractivity contribution in [3.05, 3.63) is 48.1 Å². The van der Waals surface area contributed by atoms with Crippen LogP contribution in [0.1, 0.15) is 19.3 Å². The molecule has 33 heavy (non-hydrogen) atoms. The van der Waals surface area contributed by atoms with Crippen molar-refractivity contribution in [1.29, 1.82) is 0 Å². The smallest absolute Gasteiger partial charge is 0.243 e. The van der Waals surface area contributed by atoms with E-state index in [1.54, 1.807) is 6.20 Å². The van der Waals surface area contributed by atoms with Crippen molar-refractivity contribution in [2.24, 2.45) is 5.92 Å². The van der Waals surface area contributed by atoms with Crippen LogP contribution >= 0.6 is 11.6 Å². The van der Waals surface area contributed by atoms with Crippen LogP contribution in [-0.4, -0.2) is 60.7 Å². The molecule has 3 fully saturated rings. The summed E-state index contributed by atoms with van der Waals surface area (Å²) in [6.45, 7) is 8.26. The zero-order valence-electron chi connectivity index (χ0n) is 18.6. The third-order valence-electron chi connectivity index (χ3n) is 6.83. The normalized spacial score (nSPS) is 24.5. The number of hydrogen-bond acceptors (Lipinski definition) is 7. The number of carbonyl (C=O) groups excluding carboxylic acids is 1. The maximum Gasteiger partial charge on any atom is 0.243 e. The van der Waals surface area contributed by atoms with Gasteiger partial charge in [0, 0.05) is 49.6 Å². The van der Waals surface area contributed by atoms with Crippen molar-refractivity contribution < 1.29 is 4.79 Å². The zero-order chi connectivity index (χ0) is 22.8. The van der Waals surface area contributed by atoms with Crippen molar-refractivity contribution in [3.63, 3.8) is 0 Å². The summed E-state index contributed by atoms with van der Waals surface area (Å²) in [5.74, 6) is 1.77. The molecule has 3 saturated heterocycles. The van der Waals surface area contributed by atoms with Crippen LogP contribution in [0.2, 0.25) is 5.02 Å². The molecule has 3 aliphatic rings. The largest absolute Gasteiger partial charge is 0.370 e. The van der Waals surface area contributed by atoms with Crippen LogP contribution in [0.25, 0.3) is 0 Å². The summed E-state index contributed by atoms with van der Waals surface area (Å²) >= 11 is 6.40. The number of amides is 1. The van der Waals surface area contributed by atoms with E-state index in [1.807, 2.05) is 0 Å². The highest BCUT2D eigenvalue weighted by molar-refractivity contribution is 6.32. The first-order chi connectivity index (χ1) is 16.1. The van der Waals surface area contributed by atoms with Crippen molar-refractivity contribution in [2.45, 2.75) is 31.3 Å². The van der Waals surface area contributed by atoms with Crippen LogP contribution in [-0.2, 0) is 4.79 Å². The molecule has 0 radical (unpaired) electrons. The lowest BCUT2D eigenvalue weighted by Gasteiger charge is -2.24. The van der Waals surface area contributed by atoms with Gasteiger partial charge in [0.15, 0.2) is 5.82 Å². The van der Waals surface area contributed by atoms with Gasteiger partial charge in [-0.3, -0.25) is 4.79 Å². The van der Waals surface area contributed by atoms with Crippen molar-refractivity contribution in [1.82, 2.24) is 20.6 Å². The average Bonchev–Trinajstić information content (AvgIpc) is 3.48. The molecule has 3 atom stereocenters. The second-order valence-corrected chi connectivity index (χ2v) is 9.46. The van der Waals surface area contributed by atoms with E-state index in [-0.39, 0.29) is 11.9 Å². The molecule has 0 aliphatic carbocycles. The number of aromatic nitrogens is 2. The highest BCUT2D eigenvalue weighted by atomic mass is 35.5. The molecule has 0 saturated carbocycles. The van der Waals surface area contributed by atoms with Crippen LogP contribution in [0.5, 0.6) is 0 Å². The van der Waals surface area contributed by atoms with Gasteiger partial charge in [-0.2, -0.15) is 4.98 Å². The maximum atomic E-state index is 11.6. The lowest BCUT2D eigenvalue weighted by molar-refractivity contribution is -0.117. The number of nitrogens with zero attached hydrogens (tertiary/aromatic N) is 4. The lowest BCUT2D eigenvalue weighted by atomic mass is 9.94. The Morgan fingerprint density at radius 1 is 1.18 bits per heavy atom. The van der Waals surface area contributed by atoms with E-state index in [4.69, 9.17) is 11.6 Å². The molecule has 0 unspecified atom stereocenters. The standard InChI is InChI=1S/C24H30ClN7O/c1-2-22(33)28-18-9-11-31(14-18)23-20(25)12-27-24(30-23)29-17-5-7-19(8-6-17)32-13-16-4-3-10-26-21(16)15-32/h2,5-8,12,16,18,21,26H,1,3-4,9-11,13-15H2,(H,28,33)(H,27,29,30)/t16-,18-,21+/m1/s1. The number of rotatable bonds is 6. The van der Waals surface area contributed by atoms with Gasteiger partial charge in [-0.25, -0.2) is 4.98 Å². The Morgan fingerprint density at radius 3 is 2.82 bits per heavy atom.